The minimum absolute atomic E-state index is 0.548. The molecule has 4 aliphatic carbocycles. The molecule has 0 amide bonds. The van der Waals surface area contributed by atoms with Crippen LogP contribution in [0.15, 0.2) is 237 Å². The van der Waals surface area contributed by atoms with Crippen LogP contribution in [-0.4, -0.2) is 0 Å². The molecular formula is C74H61NO. The Morgan fingerprint density at radius 2 is 0.737 bits per heavy atom. The normalized spacial score (nSPS) is 16.6. The van der Waals surface area contributed by atoms with Crippen molar-refractivity contribution in [1.82, 2.24) is 0 Å². The summed E-state index contributed by atoms with van der Waals surface area (Å²) in [6, 6.07) is 90.0. The highest BCUT2D eigenvalue weighted by molar-refractivity contribution is 5.92. The quantitative estimate of drug-likeness (QED) is 0.150. The van der Waals surface area contributed by atoms with E-state index in [0.717, 1.165) is 28.6 Å². The summed E-state index contributed by atoms with van der Waals surface area (Å²) < 4.78 is 7.20. The van der Waals surface area contributed by atoms with Crippen LogP contribution in [-0.2, 0) is 10.8 Å². The Morgan fingerprint density at radius 1 is 0.303 bits per heavy atom. The molecule has 76 heavy (non-hydrogen) atoms. The fourth-order valence-electron chi connectivity index (χ4n) is 14.9. The molecule has 0 unspecified atom stereocenters. The Morgan fingerprint density at radius 3 is 1.34 bits per heavy atom. The van der Waals surface area contributed by atoms with Crippen LogP contribution in [0.3, 0.4) is 0 Å². The van der Waals surface area contributed by atoms with E-state index in [-0.39, 0.29) is 0 Å². The first-order valence-corrected chi connectivity index (χ1v) is 28.2. The molecule has 10 aromatic rings. The second kappa shape index (κ2) is 18.3. The van der Waals surface area contributed by atoms with Gasteiger partial charge in [-0.25, -0.2) is 0 Å². The van der Waals surface area contributed by atoms with Crippen LogP contribution < -0.4 is 9.64 Å². The van der Waals surface area contributed by atoms with Crippen molar-refractivity contribution >= 4 is 17.1 Å². The predicted molar refractivity (Wildman–Crippen MR) is 313 cm³/mol. The van der Waals surface area contributed by atoms with E-state index in [1.165, 1.54) is 153 Å². The fraction of sp³-hybridized carbons (Fsp3) is 0.189. The average molecular weight is 980 g/mol. The third kappa shape index (κ3) is 6.92. The molecule has 0 N–H and O–H groups in total. The van der Waals surface area contributed by atoms with E-state index in [0.29, 0.717) is 11.8 Å². The number of ether oxygens (including phenoxy) is 1. The zero-order chi connectivity index (χ0) is 50.2. The largest absolute Gasteiger partial charge is 0.457 e. The lowest BCUT2D eigenvalue weighted by molar-refractivity contribution is 0.433. The van der Waals surface area contributed by atoms with Crippen LogP contribution >= 0.6 is 0 Å². The molecule has 2 heteroatoms. The first-order valence-electron chi connectivity index (χ1n) is 28.2. The molecule has 0 radical (unpaired) electrons. The molecule has 15 rings (SSSR count). The highest BCUT2D eigenvalue weighted by Gasteiger charge is 2.52. The van der Waals surface area contributed by atoms with Gasteiger partial charge >= 0.3 is 0 Å². The molecule has 1 spiro atoms. The predicted octanol–water partition coefficient (Wildman–Crippen LogP) is 19.8. The Hall–Kier alpha value is -8.20. The molecule has 5 aliphatic rings. The lowest BCUT2D eigenvalue weighted by atomic mass is 9.65. The number of hydrogen-bond donors (Lipinski definition) is 0. The van der Waals surface area contributed by atoms with E-state index in [9.17, 15) is 0 Å². The number of anilines is 3. The van der Waals surface area contributed by atoms with Gasteiger partial charge < -0.3 is 9.64 Å². The number of benzene rings is 10. The Kier molecular flexibility index (Phi) is 10.9. The van der Waals surface area contributed by atoms with Crippen molar-refractivity contribution in [2.24, 2.45) is 0 Å². The lowest BCUT2D eigenvalue weighted by Crippen LogP contribution is -2.33. The van der Waals surface area contributed by atoms with Crippen molar-refractivity contribution in [1.29, 1.82) is 0 Å². The lowest BCUT2D eigenvalue weighted by Gasteiger charge is -2.41. The van der Waals surface area contributed by atoms with Gasteiger partial charge in [0.05, 0.1) is 10.8 Å². The standard InChI is InChI=1S/C74H61NO/c1-6-20-50(21-7-1)53-34-38-58(39-35-53)75(59-40-44-64-61-30-16-17-31-65(61)73(69(64)48-59,56-26-12-4-13-27-56)57-28-14-5-15-29-57)60-41-45-72-70(49-60)74(66-32-18-19-33-71(66)76-72)67-46-54(51-22-8-2-9-23-51)36-42-62(67)63-43-37-55(47-68(63)74)52-24-10-3-11-25-52/h1,4-7,12-21,26-49,51-52H,2-3,8-11,22-25H2. The van der Waals surface area contributed by atoms with Gasteiger partial charge in [-0.15, -0.1) is 0 Å². The number of fused-ring (bicyclic) bond motifs is 12. The average Bonchev–Trinajstić information content (AvgIpc) is 4.17. The summed E-state index contributed by atoms with van der Waals surface area (Å²) >= 11 is 0. The van der Waals surface area contributed by atoms with Gasteiger partial charge in [-0.2, -0.15) is 0 Å². The summed E-state index contributed by atoms with van der Waals surface area (Å²) in [5.41, 5.74) is 23.1. The molecule has 2 saturated carbocycles. The van der Waals surface area contributed by atoms with Crippen molar-refractivity contribution < 1.29 is 4.74 Å². The minimum atomic E-state index is -0.613. The van der Waals surface area contributed by atoms with E-state index in [1.54, 1.807) is 0 Å². The maximum Gasteiger partial charge on any atom is 0.132 e. The van der Waals surface area contributed by atoms with E-state index in [2.05, 4.69) is 241 Å². The van der Waals surface area contributed by atoms with Crippen molar-refractivity contribution in [2.75, 3.05) is 4.90 Å². The maximum absolute atomic E-state index is 7.20. The summed E-state index contributed by atoms with van der Waals surface area (Å²) in [4.78, 5) is 2.51. The smallest absolute Gasteiger partial charge is 0.132 e. The van der Waals surface area contributed by atoms with Crippen LogP contribution in [0.25, 0.3) is 33.4 Å². The Balaban J connectivity index is 0.988. The Labute approximate surface area is 448 Å². The van der Waals surface area contributed by atoms with Crippen molar-refractivity contribution in [3.63, 3.8) is 0 Å². The molecule has 368 valence electrons. The zero-order valence-electron chi connectivity index (χ0n) is 43.1. The molecule has 0 atom stereocenters. The SMILES string of the molecule is c1ccc(-c2ccc(N(c3ccc4c(c3)C3(c5ccccc5O4)c4cc(C5CCCCC5)ccc4-c4ccc(C5CCCCC5)cc43)c3ccc4c(c3)C(c3ccccc3)(c3ccccc3)c3ccccc3-4)cc2)cc1. The van der Waals surface area contributed by atoms with Gasteiger partial charge in [-0.05, 0) is 164 Å². The fourth-order valence-corrected chi connectivity index (χ4v) is 14.9. The van der Waals surface area contributed by atoms with Gasteiger partial charge in [0.15, 0.2) is 0 Å². The molecule has 0 bridgehead atoms. The third-order valence-corrected chi connectivity index (χ3v) is 18.4. The molecule has 10 aromatic carbocycles. The van der Waals surface area contributed by atoms with Crippen molar-refractivity contribution in [3.05, 3.63) is 292 Å². The second-order valence-corrected chi connectivity index (χ2v) is 22.3. The molecular weight excluding hydrogens is 919 g/mol. The van der Waals surface area contributed by atoms with Crippen molar-refractivity contribution in [2.45, 2.75) is 86.9 Å². The summed E-state index contributed by atoms with van der Waals surface area (Å²) in [6.45, 7) is 0. The Bertz CT molecular complexity index is 3700. The van der Waals surface area contributed by atoms with Crippen LogP contribution in [0.4, 0.5) is 17.1 Å². The number of rotatable bonds is 8. The van der Waals surface area contributed by atoms with E-state index in [4.69, 9.17) is 4.74 Å². The van der Waals surface area contributed by atoms with Gasteiger partial charge in [0.25, 0.3) is 0 Å². The number of hydrogen-bond acceptors (Lipinski definition) is 2. The first kappa shape index (κ1) is 45.2. The first-order chi connectivity index (χ1) is 37.7. The van der Waals surface area contributed by atoms with E-state index in [1.807, 2.05) is 0 Å². The highest BCUT2D eigenvalue weighted by atomic mass is 16.5. The van der Waals surface area contributed by atoms with Gasteiger partial charge in [0.2, 0.25) is 0 Å². The zero-order valence-corrected chi connectivity index (χ0v) is 43.1. The molecule has 2 fully saturated rings. The summed E-state index contributed by atoms with van der Waals surface area (Å²) in [6.07, 6.45) is 12.9. The number of nitrogens with zero attached hydrogens (tertiary/aromatic N) is 1. The molecule has 0 aromatic heterocycles. The molecule has 2 nitrogen and oxygen atoms in total. The third-order valence-electron chi connectivity index (χ3n) is 18.4. The van der Waals surface area contributed by atoms with Crippen molar-refractivity contribution in [3.8, 4) is 44.9 Å². The summed E-state index contributed by atoms with van der Waals surface area (Å²) in [5, 5.41) is 0. The van der Waals surface area contributed by atoms with Gasteiger partial charge in [-0.1, -0.05) is 227 Å². The van der Waals surface area contributed by atoms with Crippen LogP contribution in [0.5, 0.6) is 11.5 Å². The molecule has 1 aliphatic heterocycles. The summed E-state index contributed by atoms with van der Waals surface area (Å²) in [5.74, 6) is 3.00. The maximum atomic E-state index is 7.20. The number of para-hydroxylation sites is 1. The molecule has 1 heterocycles. The second-order valence-electron chi connectivity index (χ2n) is 22.3. The monoisotopic (exact) mass is 979 g/mol. The van der Waals surface area contributed by atoms with Gasteiger partial charge in [0, 0.05) is 28.2 Å². The van der Waals surface area contributed by atoms with Crippen LogP contribution in [0.1, 0.15) is 132 Å². The van der Waals surface area contributed by atoms with Gasteiger partial charge in [0.1, 0.15) is 11.5 Å². The van der Waals surface area contributed by atoms with Gasteiger partial charge in [-0.3, -0.25) is 0 Å². The van der Waals surface area contributed by atoms with E-state index < -0.39 is 10.8 Å². The van der Waals surface area contributed by atoms with Crippen LogP contribution in [0, 0.1) is 0 Å². The molecule has 0 saturated heterocycles. The minimum Gasteiger partial charge on any atom is -0.457 e. The van der Waals surface area contributed by atoms with E-state index >= 15 is 0 Å². The topological polar surface area (TPSA) is 12.5 Å². The van der Waals surface area contributed by atoms with Crippen LogP contribution in [0.2, 0.25) is 0 Å². The summed E-state index contributed by atoms with van der Waals surface area (Å²) in [7, 11) is 0. The highest BCUT2D eigenvalue weighted by Crippen LogP contribution is 2.64.